The van der Waals surface area contributed by atoms with E-state index in [0.717, 1.165) is 21.7 Å². The van der Waals surface area contributed by atoms with Gasteiger partial charge in [-0.2, -0.15) is 0 Å². The molecule has 1 heterocycles. The predicted octanol–water partition coefficient (Wildman–Crippen LogP) is 6.76. The molecule has 0 aliphatic heterocycles. The van der Waals surface area contributed by atoms with Crippen molar-refractivity contribution in [3.8, 4) is 5.75 Å². The van der Waals surface area contributed by atoms with Crippen LogP contribution in [-0.4, -0.2) is 72.6 Å². The molecule has 14 heteroatoms. The maximum atomic E-state index is 14.9. The Morgan fingerprint density at radius 1 is 1.10 bits per heavy atom. The molecule has 6 N–H and O–H groups in total. The zero-order valence-corrected chi connectivity index (χ0v) is 30.5. The van der Waals surface area contributed by atoms with Gasteiger partial charge < -0.3 is 31.1 Å². The quantitative estimate of drug-likeness (QED) is 0.0947. The molecule has 0 saturated heterocycles. The summed E-state index contributed by atoms with van der Waals surface area (Å²) in [6.45, 7) is 1.53. The normalized spacial score (nSPS) is 16.6. The number of nitrogens with zero attached hydrogens (tertiary/aromatic N) is 2. The number of aromatic amines is 1. The number of likely N-dealkylation sites (N-methyl/N-ethyl adjacent to an activating group) is 1. The van der Waals surface area contributed by atoms with E-state index in [2.05, 4.69) is 10.3 Å². The first-order valence-corrected chi connectivity index (χ1v) is 17.8. The number of rotatable bonds is 13. The summed E-state index contributed by atoms with van der Waals surface area (Å²) in [6.07, 6.45) is 0.519. The molecule has 0 fully saturated rings. The maximum absolute atomic E-state index is 14.9. The summed E-state index contributed by atoms with van der Waals surface area (Å²) in [4.78, 5) is 48.2. The van der Waals surface area contributed by atoms with Gasteiger partial charge in [-0.1, -0.05) is 79.1 Å². The minimum absolute atomic E-state index is 0.00757. The smallest absolute Gasteiger partial charge is 0.408 e. The highest BCUT2D eigenvalue weighted by molar-refractivity contribution is 7.80. The lowest BCUT2D eigenvalue weighted by atomic mass is 9.78. The molecule has 10 nitrogen and oxygen atoms in total. The van der Waals surface area contributed by atoms with E-state index in [-0.39, 0.29) is 42.0 Å². The van der Waals surface area contributed by atoms with Gasteiger partial charge in [-0.3, -0.25) is 14.5 Å². The Labute approximate surface area is 310 Å². The standard InChI is InChI=1S/C37H40Cl2FN5O5S/c1-3-6-30(33(41)51)44(2)35(48)37(16-15-29-26(19-37)25-17-23(38)18-27(39)32(25)42-29)43-34(47)31(14-11-21-9-12-24(46)13-10-21)45(36(49)50)20-22-7-4-5-8-28(22)40/h4-5,7-10,12-13,17-18,30-31,42,46H,3,6,11,14-16,19-20H2,1-2H3,(H2,41,51)(H,43,47)(H,49,50)/t30?,31-,37?/m0/s1. The molecule has 4 aromatic rings. The largest absolute Gasteiger partial charge is 0.508 e. The van der Waals surface area contributed by atoms with Crippen molar-refractivity contribution in [1.82, 2.24) is 20.1 Å². The van der Waals surface area contributed by atoms with Gasteiger partial charge in [-0.05, 0) is 73.6 Å². The van der Waals surface area contributed by atoms with Crippen LogP contribution in [0.15, 0.2) is 60.7 Å². The Balaban J connectivity index is 1.58. The van der Waals surface area contributed by atoms with Crippen LogP contribution in [0.4, 0.5) is 9.18 Å². The van der Waals surface area contributed by atoms with Gasteiger partial charge in [0.25, 0.3) is 0 Å². The van der Waals surface area contributed by atoms with Crippen molar-refractivity contribution >= 4 is 69.2 Å². The van der Waals surface area contributed by atoms with E-state index in [1.54, 1.807) is 37.4 Å². The maximum Gasteiger partial charge on any atom is 0.408 e. The van der Waals surface area contributed by atoms with Gasteiger partial charge in [0.2, 0.25) is 11.8 Å². The number of amides is 3. The number of carbonyl (C=O) groups is 3. The van der Waals surface area contributed by atoms with Crippen LogP contribution in [0.3, 0.4) is 0 Å². The third-order valence-corrected chi connectivity index (χ3v) is 10.4. The summed E-state index contributed by atoms with van der Waals surface area (Å²) < 4.78 is 14.9. The first-order valence-electron chi connectivity index (χ1n) is 16.6. The fraction of sp³-hybridized carbons (Fsp3) is 0.351. The van der Waals surface area contributed by atoms with E-state index in [1.165, 1.54) is 35.2 Å². The molecule has 1 aliphatic carbocycles. The molecule has 5 rings (SSSR count). The number of nitrogens with one attached hydrogen (secondary N) is 2. The number of hydrogen-bond donors (Lipinski definition) is 5. The topological polar surface area (TPSA) is 152 Å². The Hall–Kier alpha value is -4.39. The zero-order chi connectivity index (χ0) is 37.0. The summed E-state index contributed by atoms with van der Waals surface area (Å²) in [5, 5.41) is 24.8. The summed E-state index contributed by atoms with van der Waals surface area (Å²) in [6, 6.07) is 13.5. The van der Waals surface area contributed by atoms with Crippen LogP contribution < -0.4 is 11.1 Å². The fourth-order valence-corrected chi connectivity index (χ4v) is 7.74. The SMILES string of the molecule is CCCC(C(N)=S)N(C)C(=O)C1(NC(=O)[C@H](CCc2ccc(O)cc2)N(Cc2ccccc2F)C(=O)O)CCc2[nH]c3c(Cl)cc(Cl)cc3c2C1. The van der Waals surface area contributed by atoms with Crippen LogP contribution >= 0.6 is 35.4 Å². The van der Waals surface area contributed by atoms with Crippen LogP contribution in [0.5, 0.6) is 5.75 Å². The van der Waals surface area contributed by atoms with E-state index in [9.17, 15) is 29.0 Å². The number of phenols is 1. The number of carbonyl (C=O) groups excluding carboxylic acids is 2. The lowest BCUT2D eigenvalue weighted by Crippen LogP contribution is -2.66. The summed E-state index contributed by atoms with van der Waals surface area (Å²) in [5.74, 6) is -1.73. The molecule has 3 amide bonds. The second-order valence-electron chi connectivity index (χ2n) is 13.0. The van der Waals surface area contributed by atoms with Gasteiger partial charge >= 0.3 is 6.09 Å². The zero-order valence-electron chi connectivity index (χ0n) is 28.2. The average Bonchev–Trinajstić information content (AvgIpc) is 3.45. The Morgan fingerprint density at radius 2 is 1.80 bits per heavy atom. The molecule has 51 heavy (non-hydrogen) atoms. The number of H-pyrrole nitrogens is 1. The molecule has 3 aromatic carbocycles. The van der Waals surface area contributed by atoms with Gasteiger partial charge in [0.15, 0.2) is 0 Å². The second-order valence-corrected chi connectivity index (χ2v) is 14.3. The highest BCUT2D eigenvalue weighted by Gasteiger charge is 2.48. The van der Waals surface area contributed by atoms with Crippen molar-refractivity contribution in [1.29, 1.82) is 0 Å². The van der Waals surface area contributed by atoms with Crippen LogP contribution in [0.1, 0.15) is 55.0 Å². The third kappa shape index (κ3) is 8.24. The van der Waals surface area contributed by atoms with Crippen LogP contribution in [0, 0.1) is 5.82 Å². The van der Waals surface area contributed by atoms with Crippen LogP contribution in [0.25, 0.3) is 10.9 Å². The number of thiocarbonyl (C=S) groups is 1. The number of hydrogen-bond acceptors (Lipinski definition) is 5. The molecule has 270 valence electrons. The molecule has 1 aliphatic rings. The second kappa shape index (κ2) is 15.9. The summed E-state index contributed by atoms with van der Waals surface area (Å²) in [5.41, 5.74) is 7.60. The Bertz CT molecular complexity index is 1960. The molecule has 1 aromatic heterocycles. The van der Waals surface area contributed by atoms with Crippen molar-refractivity contribution < 1.29 is 29.0 Å². The number of aromatic nitrogens is 1. The molecule has 0 spiro atoms. The van der Waals surface area contributed by atoms with Crippen molar-refractivity contribution in [2.45, 2.75) is 76.0 Å². The van der Waals surface area contributed by atoms with Crippen molar-refractivity contribution in [2.24, 2.45) is 5.73 Å². The van der Waals surface area contributed by atoms with E-state index in [1.807, 2.05) is 6.92 Å². The van der Waals surface area contributed by atoms with Gasteiger partial charge in [-0.25, -0.2) is 9.18 Å². The lowest BCUT2D eigenvalue weighted by Gasteiger charge is -2.42. The number of halogens is 3. The molecule has 0 bridgehead atoms. The van der Waals surface area contributed by atoms with Crippen molar-refractivity contribution in [2.75, 3.05) is 7.05 Å². The first kappa shape index (κ1) is 37.9. The fourth-order valence-electron chi connectivity index (χ4n) is 6.93. The minimum atomic E-state index is -1.56. The minimum Gasteiger partial charge on any atom is -0.508 e. The Kier molecular flexibility index (Phi) is 11.8. The van der Waals surface area contributed by atoms with Crippen molar-refractivity contribution in [3.63, 3.8) is 0 Å². The number of benzene rings is 3. The molecular formula is C37H40Cl2FN5O5S. The van der Waals surface area contributed by atoms with Gasteiger partial charge in [-0.15, -0.1) is 0 Å². The van der Waals surface area contributed by atoms with E-state index in [0.29, 0.717) is 40.2 Å². The molecular weight excluding hydrogens is 716 g/mol. The molecule has 3 atom stereocenters. The third-order valence-electron chi connectivity index (χ3n) is 9.62. The lowest BCUT2D eigenvalue weighted by molar-refractivity contribution is -0.143. The van der Waals surface area contributed by atoms with Gasteiger partial charge in [0.1, 0.15) is 23.1 Å². The predicted molar refractivity (Wildman–Crippen MR) is 200 cm³/mol. The van der Waals surface area contributed by atoms with E-state index >= 15 is 0 Å². The summed E-state index contributed by atoms with van der Waals surface area (Å²) >= 11 is 18.3. The van der Waals surface area contributed by atoms with E-state index < -0.39 is 47.9 Å². The number of fused-ring (bicyclic) bond motifs is 3. The highest BCUT2D eigenvalue weighted by Crippen LogP contribution is 2.39. The molecule has 0 radical (unpaired) electrons. The highest BCUT2D eigenvalue weighted by atomic mass is 35.5. The average molecular weight is 757 g/mol. The monoisotopic (exact) mass is 755 g/mol. The number of carboxylic acid groups (broad SMARTS) is 1. The molecule has 2 unspecified atom stereocenters. The van der Waals surface area contributed by atoms with Crippen LogP contribution in [-0.2, 0) is 35.4 Å². The van der Waals surface area contributed by atoms with Gasteiger partial charge in [0.05, 0.1) is 28.1 Å². The number of aromatic hydroxyl groups is 1. The van der Waals surface area contributed by atoms with Gasteiger partial charge in [0, 0.05) is 35.1 Å². The summed E-state index contributed by atoms with van der Waals surface area (Å²) in [7, 11) is 1.60. The number of aryl methyl sites for hydroxylation is 2. The van der Waals surface area contributed by atoms with E-state index in [4.69, 9.17) is 41.2 Å². The molecule has 0 saturated carbocycles. The van der Waals surface area contributed by atoms with Crippen LogP contribution in [0.2, 0.25) is 10.0 Å². The first-order chi connectivity index (χ1) is 24.2. The Morgan fingerprint density at radius 3 is 2.45 bits per heavy atom. The van der Waals surface area contributed by atoms with Crippen molar-refractivity contribution in [3.05, 3.63) is 98.9 Å². The number of phenolic OH excluding ortho intramolecular Hbond substituents is 1. The number of nitrogens with two attached hydrogens (primary N) is 1.